The summed E-state index contributed by atoms with van der Waals surface area (Å²) < 4.78 is 0. The molecule has 1 aromatic heterocycles. The lowest BCUT2D eigenvalue weighted by atomic mass is 10.0. The molecule has 0 bridgehead atoms. The van der Waals surface area contributed by atoms with Crippen LogP contribution in [0.4, 0.5) is 0 Å². The molecule has 1 fully saturated rings. The van der Waals surface area contributed by atoms with E-state index >= 15 is 0 Å². The maximum Gasteiger partial charge on any atom is 0.191 e. The smallest absolute Gasteiger partial charge is 0.191 e. The molecule has 0 aromatic carbocycles. The number of aryl methyl sites for hydroxylation is 1. The number of nitrogens with zero attached hydrogens (tertiary/aromatic N) is 3. The first-order valence-corrected chi connectivity index (χ1v) is 9.21. The molecule has 2 heterocycles. The summed E-state index contributed by atoms with van der Waals surface area (Å²) in [5.41, 5.74) is 1.24. The van der Waals surface area contributed by atoms with E-state index < -0.39 is 0 Å². The predicted octanol–water partition coefficient (Wildman–Crippen LogP) is 3.17. The fraction of sp³-hybridized carbons (Fsp3) is 0.647. The topological polar surface area (TPSA) is 52.5 Å². The summed E-state index contributed by atoms with van der Waals surface area (Å²) in [6.45, 7) is 15.0. The largest absolute Gasteiger partial charge is 0.357 e. The zero-order valence-electron chi connectivity index (χ0n) is 15.0. The van der Waals surface area contributed by atoms with Crippen LogP contribution < -0.4 is 10.6 Å². The van der Waals surface area contributed by atoms with Gasteiger partial charge in [-0.05, 0) is 33.6 Å². The van der Waals surface area contributed by atoms with Crippen molar-refractivity contribution in [1.29, 1.82) is 0 Å². The van der Waals surface area contributed by atoms with Crippen molar-refractivity contribution in [2.24, 2.45) is 4.99 Å². The summed E-state index contributed by atoms with van der Waals surface area (Å²) in [5.74, 6) is 0.902. The number of aromatic nitrogens is 1. The maximum atomic E-state index is 4.67. The number of nitrogens with one attached hydrogen (secondary N) is 2. The Morgan fingerprint density at radius 1 is 1.46 bits per heavy atom. The van der Waals surface area contributed by atoms with Crippen LogP contribution in [-0.2, 0) is 6.54 Å². The molecule has 0 atom stereocenters. The molecule has 7 heteroatoms. The van der Waals surface area contributed by atoms with Gasteiger partial charge in [-0.3, -0.25) is 4.90 Å². The fourth-order valence-corrected chi connectivity index (χ4v) is 3.46. The molecular formula is C17H30IN5S. The minimum Gasteiger partial charge on any atom is -0.357 e. The van der Waals surface area contributed by atoms with Crippen LogP contribution >= 0.6 is 35.3 Å². The van der Waals surface area contributed by atoms with E-state index in [9.17, 15) is 0 Å². The Labute approximate surface area is 167 Å². The molecule has 2 N–H and O–H groups in total. The predicted molar refractivity (Wildman–Crippen MR) is 114 cm³/mol. The molecule has 1 saturated heterocycles. The third-order valence-electron chi connectivity index (χ3n) is 3.81. The van der Waals surface area contributed by atoms with Crippen molar-refractivity contribution in [2.45, 2.75) is 46.2 Å². The third kappa shape index (κ3) is 7.48. The van der Waals surface area contributed by atoms with Gasteiger partial charge in [-0.15, -0.1) is 35.3 Å². The van der Waals surface area contributed by atoms with Crippen molar-refractivity contribution in [1.82, 2.24) is 20.5 Å². The summed E-state index contributed by atoms with van der Waals surface area (Å²) >= 11 is 1.71. The SMILES string of the molecule is C=C(C)CN1CCC(NC(=NCc2ncc(C)s2)NCC)CC1.I. The molecule has 0 radical (unpaired) electrons. The number of piperidine rings is 1. The average Bonchev–Trinajstić information content (AvgIpc) is 2.92. The van der Waals surface area contributed by atoms with E-state index in [1.165, 1.54) is 10.5 Å². The lowest BCUT2D eigenvalue weighted by Gasteiger charge is -2.33. The summed E-state index contributed by atoms with van der Waals surface area (Å²) in [4.78, 5) is 12.8. The molecule has 1 aromatic rings. The lowest BCUT2D eigenvalue weighted by Crippen LogP contribution is -2.48. The second-order valence-electron chi connectivity index (χ2n) is 6.21. The number of likely N-dealkylation sites (tertiary alicyclic amines) is 1. The molecule has 1 aliphatic heterocycles. The molecule has 0 aliphatic carbocycles. The van der Waals surface area contributed by atoms with Crippen molar-refractivity contribution >= 4 is 41.3 Å². The molecule has 24 heavy (non-hydrogen) atoms. The Hall–Kier alpha value is -0.670. The lowest BCUT2D eigenvalue weighted by molar-refractivity contribution is 0.221. The highest BCUT2D eigenvalue weighted by Crippen LogP contribution is 2.13. The van der Waals surface area contributed by atoms with Gasteiger partial charge in [0.05, 0.1) is 6.54 Å². The van der Waals surface area contributed by atoms with Crippen molar-refractivity contribution in [3.8, 4) is 0 Å². The Morgan fingerprint density at radius 3 is 2.71 bits per heavy atom. The number of halogens is 1. The summed E-state index contributed by atoms with van der Waals surface area (Å²) in [7, 11) is 0. The Balaban J connectivity index is 0.00000288. The minimum atomic E-state index is 0. The van der Waals surface area contributed by atoms with Crippen LogP contribution in [0.1, 0.15) is 36.6 Å². The van der Waals surface area contributed by atoms with E-state index in [1.54, 1.807) is 11.3 Å². The van der Waals surface area contributed by atoms with Crippen LogP contribution in [-0.4, -0.2) is 48.1 Å². The van der Waals surface area contributed by atoms with Gasteiger partial charge in [-0.25, -0.2) is 9.98 Å². The number of rotatable bonds is 6. The second kappa shape index (κ2) is 11.0. The molecule has 0 spiro atoms. The van der Waals surface area contributed by atoms with Crippen LogP contribution in [0.25, 0.3) is 0 Å². The first-order chi connectivity index (χ1) is 11.1. The number of guanidine groups is 1. The zero-order valence-corrected chi connectivity index (χ0v) is 18.1. The van der Waals surface area contributed by atoms with Gasteiger partial charge in [-0.2, -0.15) is 0 Å². The molecule has 5 nitrogen and oxygen atoms in total. The Kier molecular flexibility index (Phi) is 9.84. The highest BCUT2D eigenvalue weighted by Gasteiger charge is 2.19. The molecule has 1 aliphatic rings. The van der Waals surface area contributed by atoms with E-state index in [0.717, 1.165) is 50.0 Å². The van der Waals surface area contributed by atoms with E-state index in [0.29, 0.717) is 12.6 Å². The molecule has 2 rings (SSSR count). The van der Waals surface area contributed by atoms with E-state index in [-0.39, 0.29) is 24.0 Å². The van der Waals surface area contributed by atoms with Gasteiger partial charge < -0.3 is 10.6 Å². The number of aliphatic imine (C=N–C) groups is 1. The average molecular weight is 463 g/mol. The highest BCUT2D eigenvalue weighted by atomic mass is 127. The van der Waals surface area contributed by atoms with Crippen molar-refractivity contribution < 1.29 is 0 Å². The zero-order chi connectivity index (χ0) is 16.7. The summed E-state index contributed by atoms with van der Waals surface area (Å²) in [6.07, 6.45) is 4.20. The highest BCUT2D eigenvalue weighted by molar-refractivity contribution is 14.0. The van der Waals surface area contributed by atoms with Crippen molar-refractivity contribution in [3.63, 3.8) is 0 Å². The van der Waals surface area contributed by atoms with Gasteiger partial charge in [0.2, 0.25) is 0 Å². The van der Waals surface area contributed by atoms with E-state index in [4.69, 9.17) is 0 Å². The summed E-state index contributed by atoms with van der Waals surface area (Å²) in [6, 6.07) is 0.493. The molecule has 0 amide bonds. The Bertz CT molecular complexity index is 535. The van der Waals surface area contributed by atoms with Crippen LogP contribution in [0.3, 0.4) is 0 Å². The number of hydrogen-bond donors (Lipinski definition) is 2. The fourth-order valence-electron chi connectivity index (χ4n) is 2.75. The maximum absolute atomic E-state index is 4.67. The molecular weight excluding hydrogens is 433 g/mol. The standard InChI is InChI=1S/C17H29N5S.HI/c1-5-18-17(20-11-16-19-10-14(4)23-16)21-15-6-8-22(9-7-15)12-13(2)3;/h10,15H,2,5-9,11-12H2,1,3-4H3,(H2,18,20,21);1H. The van der Waals surface area contributed by atoms with Gasteiger partial charge in [0.25, 0.3) is 0 Å². The normalized spacial score (nSPS) is 16.5. The quantitative estimate of drug-likeness (QED) is 0.295. The Morgan fingerprint density at radius 2 is 2.17 bits per heavy atom. The van der Waals surface area contributed by atoms with Crippen LogP contribution in [0.5, 0.6) is 0 Å². The van der Waals surface area contributed by atoms with Crippen LogP contribution in [0.2, 0.25) is 0 Å². The third-order valence-corrected chi connectivity index (χ3v) is 4.71. The van der Waals surface area contributed by atoms with Gasteiger partial charge in [0.1, 0.15) is 5.01 Å². The van der Waals surface area contributed by atoms with Crippen LogP contribution in [0, 0.1) is 6.92 Å². The molecule has 136 valence electrons. The molecule has 0 saturated carbocycles. The number of hydrogen-bond acceptors (Lipinski definition) is 4. The van der Waals surface area contributed by atoms with Gasteiger partial charge in [0, 0.05) is 43.3 Å². The van der Waals surface area contributed by atoms with Gasteiger partial charge >= 0.3 is 0 Å². The van der Waals surface area contributed by atoms with Gasteiger partial charge in [0.15, 0.2) is 5.96 Å². The monoisotopic (exact) mass is 463 g/mol. The van der Waals surface area contributed by atoms with Crippen molar-refractivity contribution in [2.75, 3.05) is 26.2 Å². The van der Waals surface area contributed by atoms with Gasteiger partial charge in [-0.1, -0.05) is 12.2 Å². The van der Waals surface area contributed by atoms with Crippen molar-refractivity contribution in [3.05, 3.63) is 28.2 Å². The summed E-state index contributed by atoms with van der Waals surface area (Å²) in [5, 5.41) is 7.98. The number of thiazole rings is 1. The molecule has 0 unspecified atom stereocenters. The second-order valence-corrected chi connectivity index (χ2v) is 7.53. The van der Waals surface area contributed by atoms with Crippen LogP contribution in [0.15, 0.2) is 23.3 Å². The first kappa shape index (κ1) is 21.4. The minimum absolute atomic E-state index is 0. The van der Waals surface area contributed by atoms with E-state index in [1.807, 2.05) is 6.20 Å². The van der Waals surface area contributed by atoms with E-state index in [2.05, 4.69) is 52.9 Å². The first-order valence-electron chi connectivity index (χ1n) is 8.39.